The quantitative estimate of drug-likeness (QED) is 0.677. The number of nitrogens with one attached hydrogen (secondary N) is 1. The summed E-state index contributed by atoms with van der Waals surface area (Å²) in [5, 5.41) is 17.4. The number of amides is 1. The molecule has 0 aliphatic heterocycles. The topological polar surface area (TPSA) is 90.1 Å². The number of halogens is 1. The van der Waals surface area contributed by atoms with Gasteiger partial charge >= 0.3 is 5.69 Å². The number of carbonyl (C=O) groups excluding carboxylic acids is 1. The maximum absolute atomic E-state index is 11.7. The van der Waals surface area contributed by atoms with Crippen LogP contribution in [0.2, 0.25) is 5.02 Å². The number of para-hydroxylation sites is 1. The highest BCUT2D eigenvalue weighted by molar-refractivity contribution is 6.33. The van der Waals surface area contributed by atoms with Crippen molar-refractivity contribution >= 4 is 28.9 Å². The Kier molecular flexibility index (Phi) is 4.31. The predicted octanol–water partition coefficient (Wildman–Crippen LogP) is 2.47. The number of rotatable bonds is 5. The van der Waals surface area contributed by atoms with E-state index in [1.165, 1.54) is 10.9 Å². The Morgan fingerprint density at radius 1 is 1.45 bits per heavy atom. The second-order valence-electron chi connectivity index (χ2n) is 4.00. The van der Waals surface area contributed by atoms with Gasteiger partial charge < -0.3 is 5.32 Å². The van der Waals surface area contributed by atoms with Crippen molar-refractivity contribution in [3.05, 3.63) is 51.8 Å². The van der Waals surface area contributed by atoms with E-state index >= 15 is 0 Å². The SMILES string of the molecule is O=C(CCn1cc([N+](=O)[O-])cn1)Nc1ccccc1Cl. The summed E-state index contributed by atoms with van der Waals surface area (Å²) in [5.74, 6) is -0.240. The fourth-order valence-electron chi connectivity index (χ4n) is 1.56. The van der Waals surface area contributed by atoms with Crippen LogP contribution in [-0.4, -0.2) is 20.6 Å². The molecule has 7 nitrogen and oxygen atoms in total. The maximum atomic E-state index is 11.7. The van der Waals surface area contributed by atoms with Gasteiger partial charge in [-0.05, 0) is 12.1 Å². The molecule has 2 rings (SSSR count). The van der Waals surface area contributed by atoms with Gasteiger partial charge in [-0.1, -0.05) is 23.7 Å². The lowest BCUT2D eigenvalue weighted by atomic mass is 10.3. The zero-order valence-electron chi connectivity index (χ0n) is 10.3. The fraction of sp³-hybridized carbons (Fsp3) is 0.167. The van der Waals surface area contributed by atoms with Gasteiger partial charge in [-0.15, -0.1) is 0 Å². The number of benzene rings is 1. The van der Waals surface area contributed by atoms with E-state index in [0.29, 0.717) is 10.7 Å². The molecule has 0 aliphatic carbocycles. The van der Waals surface area contributed by atoms with Crippen LogP contribution in [-0.2, 0) is 11.3 Å². The molecule has 1 N–H and O–H groups in total. The molecule has 0 aliphatic rings. The molecule has 0 atom stereocenters. The molecule has 2 aromatic rings. The van der Waals surface area contributed by atoms with E-state index in [2.05, 4.69) is 10.4 Å². The van der Waals surface area contributed by atoms with Crippen LogP contribution >= 0.6 is 11.6 Å². The second kappa shape index (κ2) is 6.16. The zero-order chi connectivity index (χ0) is 14.5. The number of hydrogen-bond acceptors (Lipinski definition) is 4. The first-order chi connectivity index (χ1) is 9.56. The number of nitrogens with zero attached hydrogens (tertiary/aromatic N) is 3. The van der Waals surface area contributed by atoms with Gasteiger partial charge in [-0.25, -0.2) is 0 Å². The van der Waals surface area contributed by atoms with Gasteiger partial charge in [-0.3, -0.25) is 19.6 Å². The number of hydrogen-bond donors (Lipinski definition) is 1. The van der Waals surface area contributed by atoms with Crippen molar-refractivity contribution in [2.45, 2.75) is 13.0 Å². The van der Waals surface area contributed by atoms with Crippen molar-refractivity contribution in [3.8, 4) is 0 Å². The van der Waals surface area contributed by atoms with Crippen LogP contribution in [0.5, 0.6) is 0 Å². The Morgan fingerprint density at radius 2 is 2.20 bits per heavy atom. The average molecular weight is 295 g/mol. The van der Waals surface area contributed by atoms with Gasteiger partial charge in [0.15, 0.2) is 0 Å². The first-order valence-corrected chi connectivity index (χ1v) is 6.15. The molecule has 0 fully saturated rings. The summed E-state index contributed by atoms with van der Waals surface area (Å²) in [5.41, 5.74) is 0.433. The smallest absolute Gasteiger partial charge is 0.306 e. The molecule has 0 bridgehead atoms. The standard InChI is InChI=1S/C12H11ClN4O3/c13-10-3-1-2-4-11(10)15-12(18)5-6-16-8-9(7-14-16)17(19)20/h1-4,7-8H,5-6H2,(H,15,18). The van der Waals surface area contributed by atoms with Crippen LogP contribution in [0.3, 0.4) is 0 Å². The molecule has 0 saturated carbocycles. The van der Waals surface area contributed by atoms with Crippen LogP contribution in [0, 0.1) is 10.1 Å². The van der Waals surface area contributed by atoms with Gasteiger partial charge in [-0.2, -0.15) is 5.10 Å². The van der Waals surface area contributed by atoms with Crippen molar-refractivity contribution in [2.75, 3.05) is 5.32 Å². The van der Waals surface area contributed by atoms with Crippen LogP contribution in [0.25, 0.3) is 0 Å². The molecule has 104 valence electrons. The molecule has 20 heavy (non-hydrogen) atoms. The Bertz CT molecular complexity index is 641. The van der Waals surface area contributed by atoms with E-state index in [1.54, 1.807) is 24.3 Å². The highest BCUT2D eigenvalue weighted by atomic mass is 35.5. The lowest BCUT2D eigenvalue weighted by Crippen LogP contribution is -2.14. The normalized spacial score (nSPS) is 10.2. The van der Waals surface area contributed by atoms with Gasteiger partial charge in [0, 0.05) is 13.0 Å². The van der Waals surface area contributed by atoms with Crippen molar-refractivity contribution in [3.63, 3.8) is 0 Å². The minimum absolute atomic E-state index is 0.100. The van der Waals surface area contributed by atoms with Crippen molar-refractivity contribution in [1.29, 1.82) is 0 Å². The number of aryl methyl sites for hydroxylation is 1. The molecule has 1 aromatic carbocycles. The highest BCUT2D eigenvalue weighted by Crippen LogP contribution is 2.20. The Morgan fingerprint density at radius 3 is 2.85 bits per heavy atom. The molecular formula is C12H11ClN4O3. The second-order valence-corrected chi connectivity index (χ2v) is 4.40. The van der Waals surface area contributed by atoms with Crippen molar-refractivity contribution in [2.24, 2.45) is 0 Å². The first-order valence-electron chi connectivity index (χ1n) is 5.77. The summed E-state index contributed by atoms with van der Waals surface area (Å²) in [4.78, 5) is 21.7. The molecular weight excluding hydrogens is 284 g/mol. The molecule has 8 heteroatoms. The third-order valence-electron chi connectivity index (χ3n) is 2.55. The highest BCUT2D eigenvalue weighted by Gasteiger charge is 2.10. The van der Waals surface area contributed by atoms with E-state index in [9.17, 15) is 14.9 Å². The third-order valence-corrected chi connectivity index (χ3v) is 2.88. The Balaban J connectivity index is 1.89. The van der Waals surface area contributed by atoms with E-state index < -0.39 is 4.92 Å². The molecule has 0 radical (unpaired) electrons. The van der Waals surface area contributed by atoms with E-state index in [0.717, 1.165) is 6.20 Å². The molecule has 1 aromatic heterocycles. The summed E-state index contributed by atoms with van der Waals surface area (Å²) in [6.45, 7) is 0.254. The third kappa shape index (κ3) is 3.55. The average Bonchev–Trinajstić information content (AvgIpc) is 2.88. The Hall–Kier alpha value is -2.41. The number of nitro groups is 1. The van der Waals surface area contributed by atoms with Crippen molar-refractivity contribution < 1.29 is 9.72 Å². The van der Waals surface area contributed by atoms with E-state index in [-0.39, 0.29) is 24.6 Å². The van der Waals surface area contributed by atoms with Crippen LogP contribution in [0.15, 0.2) is 36.7 Å². The van der Waals surface area contributed by atoms with Crippen LogP contribution in [0.4, 0.5) is 11.4 Å². The summed E-state index contributed by atoms with van der Waals surface area (Å²) in [7, 11) is 0. The minimum Gasteiger partial charge on any atom is -0.325 e. The summed E-state index contributed by atoms with van der Waals surface area (Å²) >= 11 is 5.92. The van der Waals surface area contributed by atoms with Gasteiger partial charge in [0.2, 0.25) is 5.91 Å². The largest absolute Gasteiger partial charge is 0.325 e. The lowest BCUT2D eigenvalue weighted by molar-refractivity contribution is -0.385. The summed E-state index contributed by atoms with van der Waals surface area (Å²) in [6.07, 6.45) is 2.57. The van der Waals surface area contributed by atoms with Crippen LogP contribution in [0.1, 0.15) is 6.42 Å². The number of aromatic nitrogens is 2. The van der Waals surface area contributed by atoms with Gasteiger partial charge in [0.25, 0.3) is 0 Å². The molecule has 0 saturated heterocycles. The van der Waals surface area contributed by atoms with Crippen molar-refractivity contribution in [1.82, 2.24) is 9.78 Å². The zero-order valence-corrected chi connectivity index (χ0v) is 11.1. The van der Waals surface area contributed by atoms with E-state index in [1.807, 2.05) is 0 Å². The number of anilines is 1. The van der Waals surface area contributed by atoms with Crippen LogP contribution < -0.4 is 5.32 Å². The molecule has 0 unspecified atom stereocenters. The fourth-order valence-corrected chi connectivity index (χ4v) is 1.74. The predicted molar refractivity (Wildman–Crippen MR) is 73.6 cm³/mol. The molecule has 1 amide bonds. The molecule has 1 heterocycles. The number of carbonyl (C=O) groups is 1. The van der Waals surface area contributed by atoms with E-state index in [4.69, 9.17) is 11.6 Å². The molecule has 0 spiro atoms. The van der Waals surface area contributed by atoms with Gasteiger partial charge in [0.05, 0.1) is 15.6 Å². The lowest BCUT2D eigenvalue weighted by Gasteiger charge is -2.06. The first kappa shape index (κ1) is 14.0. The minimum atomic E-state index is -0.534. The summed E-state index contributed by atoms with van der Waals surface area (Å²) < 4.78 is 1.35. The monoisotopic (exact) mass is 294 g/mol. The van der Waals surface area contributed by atoms with Gasteiger partial charge in [0.1, 0.15) is 12.4 Å². The Labute approximate surface area is 119 Å². The summed E-state index contributed by atoms with van der Waals surface area (Å²) in [6, 6.07) is 6.90. The maximum Gasteiger partial charge on any atom is 0.306 e.